The third-order valence-electron chi connectivity index (χ3n) is 3.96. The molecule has 2 aromatic rings. The summed E-state index contributed by atoms with van der Waals surface area (Å²) in [6.07, 6.45) is 0. The molecule has 0 aliphatic heterocycles. The number of benzene rings is 1. The minimum absolute atomic E-state index is 0.103. The van der Waals surface area contributed by atoms with E-state index in [1.807, 2.05) is 20.8 Å². The van der Waals surface area contributed by atoms with Crippen molar-refractivity contribution in [3.63, 3.8) is 0 Å². The maximum Gasteiger partial charge on any atom is 0.289 e. The summed E-state index contributed by atoms with van der Waals surface area (Å²) in [5, 5.41) is 15.5. The van der Waals surface area contributed by atoms with E-state index in [4.69, 9.17) is 0 Å². The highest BCUT2D eigenvalue weighted by atomic mass is 32.2. The molecule has 0 fully saturated rings. The van der Waals surface area contributed by atoms with Gasteiger partial charge >= 0.3 is 0 Å². The average molecular weight is 352 g/mol. The van der Waals surface area contributed by atoms with Gasteiger partial charge in [0.15, 0.2) is 4.90 Å². The van der Waals surface area contributed by atoms with Crippen molar-refractivity contribution in [2.24, 2.45) is 0 Å². The van der Waals surface area contributed by atoms with Gasteiger partial charge in [-0.3, -0.25) is 14.8 Å². The van der Waals surface area contributed by atoms with Gasteiger partial charge in [-0.1, -0.05) is 12.1 Å². The van der Waals surface area contributed by atoms with Crippen LogP contribution in [-0.4, -0.2) is 34.5 Å². The zero-order valence-electron chi connectivity index (χ0n) is 14.1. The van der Waals surface area contributed by atoms with Crippen LogP contribution in [0.1, 0.15) is 23.9 Å². The van der Waals surface area contributed by atoms with Gasteiger partial charge < -0.3 is 0 Å². The highest BCUT2D eigenvalue weighted by Crippen LogP contribution is 2.27. The summed E-state index contributed by atoms with van der Waals surface area (Å²) in [7, 11) is -2.58. The van der Waals surface area contributed by atoms with Crippen LogP contribution in [0.3, 0.4) is 0 Å². The highest BCUT2D eigenvalue weighted by Gasteiger charge is 2.30. The first-order valence-electron chi connectivity index (χ1n) is 7.42. The predicted molar refractivity (Wildman–Crippen MR) is 89.1 cm³/mol. The van der Waals surface area contributed by atoms with Crippen LogP contribution in [0.25, 0.3) is 0 Å². The molecule has 0 aliphatic carbocycles. The number of aryl methyl sites for hydroxylation is 2. The van der Waals surface area contributed by atoms with Crippen molar-refractivity contribution >= 4 is 15.7 Å². The van der Waals surface area contributed by atoms with Crippen LogP contribution < -0.4 is 0 Å². The van der Waals surface area contributed by atoms with Crippen LogP contribution >= 0.6 is 0 Å². The van der Waals surface area contributed by atoms with Crippen LogP contribution in [0.2, 0.25) is 0 Å². The molecule has 1 heterocycles. The summed E-state index contributed by atoms with van der Waals surface area (Å²) in [6.45, 7) is 6.44. The summed E-state index contributed by atoms with van der Waals surface area (Å²) in [4.78, 5) is 10.1. The van der Waals surface area contributed by atoms with E-state index < -0.39 is 20.6 Å². The van der Waals surface area contributed by atoms with E-state index in [1.54, 1.807) is 4.68 Å². The molecule has 1 aromatic carbocycles. The molecule has 0 N–H and O–H groups in total. The molecule has 0 radical (unpaired) electrons. The average Bonchev–Trinajstić information content (AvgIpc) is 2.82. The predicted octanol–water partition coefficient (Wildman–Crippen LogP) is 2.25. The van der Waals surface area contributed by atoms with E-state index in [2.05, 4.69) is 5.10 Å². The smallest absolute Gasteiger partial charge is 0.270 e. The topological polar surface area (TPSA) is 98.3 Å². The molecule has 0 bridgehead atoms. The Bertz CT molecular complexity index is 874. The van der Waals surface area contributed by atoms with Gasteiger partial charge in [-0.05, 0) is 26.8 Å². The Morgan fingerprint density at radius 1 is 1.29 bits per heavy atom. The van der Waals surface area contributed by atoms with Gasteiger partial charge in [0.05, 0.1) is 10.6 Å². The van der Waals surface area contributed by atoms with Crippen LogP contribution in [-0.2, 0) is 23.1 Å². The maximum atomic E-state index is 12.8. The van der Waals surface area contributed by atoms with Gasteiger partial charge in [-0.15, -0.1) is 0 Å². The molecule has 0 saturated carbocycles. The van der Waals surface area contributed by atoms with Crippen molar-refractivity contribution in [3.8, 4) is 0 Å². The third-order valence-corrected chi connectivity index (χ3v) is 5.81. The van der Waals surface area contributed by atoms with Crippen molar-refractivity contribution < 1.29 is 13.3 Å². The summed E-state index contributed by atoms with van der Waals surface area (Å²) < 4.78 is 28.4. The molecule has 9 heteroatoms. The second kappa shape index (κ2) is 6.70. The molecular formula is C15H20N4O4S. The Hall–Kier alpha value is -2.26. The molecule has 24 heavy (non-hydrogen) atoms. The van der Waals surface area contributed by atoms with Crippen LogP contribution in [0, 0.1) is 24.0 Å². The lowest BCUT2D eigenvalue weighted by Crippen LogP contribution is -2.27. The number of nitro groups is 1. The molecule has 0 spiro atoms. The third kappa shape index (κ3) is 3.17. The Morgan fingerprint density at radius 3 is 2.46 bits per heavy atom. The van der Waals surface area contributed by atoms with Crippen molar-refractivity contribution in [1.29, 1.82) is 0 Å². The minimum Gasteiger partial charge on any atom is -0.270 e. The zero-order valence-corrected chi connectivity index (χ0v) is 14.9. The van der Waals surface area contributed by atoms with Crippen molar-refractivity contribution in [3.05, 3.63) is 51.3 Å². The number of hydrogen-bond donors (Lipinski definition) is 0. The number of hydrogen-bond acceptors (Lipinski definition) is 5. The first-order valence-corrected chi connectivity index (χ1v) is 8.86. The van der Waals surface area contributed by atoms with E-state index in [0.29, 0.717) is 6.54 Å². The normalized spacial score (nSPS) is 11.9. The van der Waals surface area contributed by atoms with Crippen LogP contribution in [0.15, 0.2) is 29.2 Å². The van der Waals surface area contributed by atoms with E-state index in [9.17, 15) is 18.5 Å². The molecule has 0 amide bonds. The Morgan fingerprint density at radius 2 is 1.92 bits per heavy atom. The molecule has 0 aliphatic rings. The first-order chi connectivity index (χ1) is 11.2. The Labute approximate surface area is 140 Å². The largest absolute Gasteiger partial charge is 0.289 e. The molecule has 0 unspecified atom stereocenters. The SMILES string of the molecule is CCn1nc(C)c(CN(C)S(=O)(=O)c2ccccc2[N+](=O)[O-])c1C. The number of para-hydroxylation sites is 1. The molecule has 8 nitrogen and oxygen atoms in total. The maximum absolute atomic E-state index is 12.8. The van der Waals surface area contributed by atoms with E-state index >= 15 is 0 Å². The number of aromatic nitrogens is 2. The fourth-order valence-corrected chi connectivity index (χ4v) is 3.86. The number of rotatable bonds is 6. The standard InChI is InChI=1S/C15H20N4O4S/c1-5-18-12(3)13(11(2)16-18)10-17(4)24(22,23)15-9-7-6-8-14(15)19(20)21/h6-9H,5,10H2,1-4H3. The lowest BCUT2D eigenvalue weighted by Gasteiger charge is -2.17. The second-order valence-corrected chi connectivity index (χ2v) is 7.46. The van der Waals surface area contributed by atoms with Crippen molar-refractivity contribution in [2.75, 3.05) is 7.05 Å². The van der Waals surface area contributed by atoms with Crippen LogP contribution in [0.5, 0.6) is 0 Å². The van der Waals surface area contributed by atoms with Gasteiger partial charge in [0.25, 0.3) is 5.69 Å². The Kier molecular flexibility index (Phi) is 5.05. The van der Waals surface area contributed by atoms with E-state index in [0.717, 1.165) is 21.3 Å². The molecule has 1 aromatic heterocycles. The summed E-state index contributed by atoms with van der Waals surface area (Å²) in [5.41, 5.74) is 2.02. The number of sulfonamides is 1. The second-order valence-electron chi connectivity index (χ2n) is 5.45. The fourth-order valence-electron chi connectivity index (χ4n) is 2.57. The van der Waals surface area contributed by atoms with Gasteiger partial charge in [-0.25, -0.2) is 8.42 Å². The number of nitro benzene ring substituents is 1. The quantitative estimate of drug-likeness (QED) is 0.586. The van der Waals surface area contributed by atoms with Gasteiger partial charge in [-0.2, -0.15) is 9.40 Å². The summed E-state index contributed by atoms with van der Waals surface area (Å²) in [5.74, 6) is 0. The van der Waals surface area contributed by atoms with Gasteiger partial charge in [0, 0.05) is 37.5 Å². The van der Waals surface area contributed by atoms with Crippen molar-refractivity contribution in [2.45, 2.75) is 38.8 Å². The molecule has 2 rings (SSSR count). The summed E-state index contributed by atoms with van der Waals surface area (Å²) in [6, 6.07) is 5.35. The zero-order chi connectivity index (χ0) is 18.1. The van der Waals surface area contributed by atoms with Gasteiger partial charge in [0.1, 0.15) is 0 Å². The molecule has 0 atom stereocenters. The summed E-state index contributed by atoms with van der Waals surface area (Å²) >= 11 is 0. The lowest BCUT2D eigenvalue weighted by molar-refractivity contribution is -0.387. The fraction of sp³-hybridized carbons (Fsp3) is 0.400. The molecule has 0 saturated heterocycles. The molecule has 130 valence electrons. The van der Waals surface area contributed by atoms with Crippen molar-refractivity contribution in [1.82, 2.24) is 14.1 Å². The number of nitrogens with zero attached hydrogens (tertiary/aromatic N) is 4. The van der Waals surface area contributed by atoms with E-state index in [-0.39, 0.29) is 11.4 Å². The first kappa shape index (κ1) is 18.1. The van der Waals surface area contributed by atoms with Crippen LogP contribution in [0.4, 0.5) is 5.69 Å². The monoisotopic (exact) mass is 352 g/mol. The lowest BCUT2D eigenvalue weighted by atomic mass is 10.2. The van der Waals surface area contributed by atoms with E-state index in [1.165, 1.54) is 31.3 Å². The highest BCUT2D eigenvalue weighted by molar-refractivity contribution is 7.89. The minimum atomic E-state index is -3.99. The van der Waals surface area contributed by atoms with Gasteiger partial charge in [0.2, 0.25) is 10.0 Å². The molecular weight excluding hydrogens is 332 g/mol. The Balaban J connectivity index is 2.41.